The van der Waals surface area contributed by atoms with Gasteiger partial charge in [-0.25, -0.2) is 0 Å². The van der Waals surface area contributed by atoms with E-state index in [0.717, 1.165) is 5.39 Å². The first kappa shape index (κ1) is 21.1. The summed E-state index contributed by atoms with van der Waals surface area (Å²) < 4.78 is 10.8. The van der Waals surface area contributed by atoms with Crippen molar-refractivity contribution in [2.24, 2.45) is 0 Å². The van der Waals surface area contributed by atoms with Gasteiger partial charge in [-0.1, -0.05) is 0 Å². The van der Waals surface area contributed by atoms with Crippen LogP contribution in [-0.2, 0) is 6.54 Å². The van der Waals surface area contributed by atoms with Crippen LogP contribution in [0, 0.1) is 0 Å². The molecule has 0 radical (unpaired) electrons. The zero-order valence-electron chi connectivity index (χ0n) is 17.9. The van der Waals surface area contributed by atoms with Crippen molar-refractivity contribution in [2.75, 3.05) is 18.6 Å². The number of ether oxygens (including phenoxy) is 2. The normalized spacial score (nSPS) is 10.7. The molecule has 0 unspecified atom stereocenters. The number of aromatic nitrogens is 2. The summed E-state index contributed by atoms with van der Waals surface area (Å²) in [6, 6.07) is 17.8. The van der Waals surface area contributed by atoms with E-state index in [1.165, 1.54) is 0 Å². The molecule has 0 spiro atoms. The average molecular weight is 429 g/mol. The number of rotatable bonds is 7. The van der Waals surface area contributed by atoms with Gasteiger partial charge in [0.15, 0.2) is 0 Å². The Bertz CT molecular complexity index is 1280. The van der Waals surface area contributed by atoms with Crippen LogP contribution in [0.2, 0.25) is 0 Å². The number of benzene rings is 2. The van der Waals surface area contributed by atoms with Crippen LogP contribution in [0.3, 0.4) is 0 Å². The minimum Gasteiger partial charge on any atom is -0.497 e. The number of methoxy groups -OCH3 is 1. The minimum absolute atomic E-state index is 0.0949. The number of amides is 1. The highest BCUT2D eigenvalue weighted by Crippen LogP contribution is 2.24. The van der Waals surface area contributed by atoms with Crippen LogP contribution in [0.15, 0.2) is 77.9 Å². The number of pyridine rings is 2. The van der Waals surface area contributed by atoms with Gasteiger partial charge in [-0.2, -0.15) is 0 Å². The van der Waals surface area contributed by atoms with Gasteiger partial charge in [0.05, 0.1) is 20.3 Å². The molecule has 2 heterocycles. The van der Waals surface area contributed by atoms with E-state index >= 15 is 0 Å². The SMILES string of the molecule is CCOc1ccc(N(Cc2cc3cc(OC)ccc3[nH]c2=O)C(=O)c2ccncc2)cc1. The average Bonchev–Trinajstić information content (AvgIpc) is 2.83. The van der Waals surface area contributed by atoms with E-state index in [4.69, 9.17) is 9.47 Å². The predicted molar refractivity (Wildman–Crippen MR) is 123 cm³/mol. The van der Waals surface area contributed by atoms with Crippen molar-refractivity contribution in [1.82, 2.24) is 9.97 Å². The van der Waals surface area contributed by atoms with Crippen molar-refractivity contribution in [2.45, 2.75) is 13.5 Å². The van der Waals surface area contributed by atoms with Gasteiger partial charge in [0.25, 0.3) is 11.5 Å². The molecule has 1 amide bonds. The third-order valence-electron chi connectivity index (χ3n) is 5.09. The number of hydrogen-bond acceptors (Lipinski definition) is 5. The molecule has 4 rings (SSSR count). The number of carbonyl (C=O) groups excluding carboxylic acids is 1. The number of aromatic amines is 1. The molecular weight excluding hydrogens is 406 g/mol. The third-order valence-corrected chi connectivity index (χ3v) is 5.09. The van der Waals surface area contributed by atoms with E-state index in [2.05, 4.69) is 9.97 Å². The summed E-state index contributed by atoms with van der Waals surface area (Å²) in [5.74, 6) is 1.16. The molecule has 0 fully saturated rings. The maximum absolute atomic E-state index is 13.4. The Labute approximate surface area is 185 Å². The molecule has 7 heteroatoms. The molecule has 7 nitrogen and oxygen atoms in total. The van der Waals surface area contributed by atoms with Crippen molar-refractivity contribution >= 4 is 22.5 Å². The topological polar surface area (TPSA) is 84.5 Å². The van der Waals surface area contributed by atoms with E-state index in [1.54, 1.807) is 66.9 Å². The maximum atomic E-state index is 13.4. The van der Waals surface area contributed by atoms with Gasteiger partial charge >= 0.3 is 0 Å². The van der Waals surface area contributed by atoms with Crippen LogP contribution < -0.4 is 19.9 Å². The van der Waals surface area contributed by atoms with E-state index in [9.17, 15) is 9.59 Å². The Kier molecular flexibility index (Phi) is 6.17. The molecule has 0 aliphatic rings. The van der Waals surface area contributed by atoms with Crippen molar-refractivity contribution in [1.29, 1.82) is 0 Å². The van der Waals surface area contributed by atoms with E-state index in [-0.39, 0.29) is 18.0 Å². The highest BCUT2D eigenvalue weighted by atomic mass is 16.5. The standard InChI is InChI=1S/C25H23N3O4/c1-3-32-21-6-4-20(5-7-21)28(25(30)17-10-12-26-13-11-17)16-19-14-18-15-22(31-2)8-9-23(18)27-24(19)29/h4-15H,3,16H2,1-2H3,(H,27,29). The number of anilines is 1. The van der Waals surface area contributed by atoms with Gasteiger partial charge in [-0.3, -0.25) is 14.6 Å². The van der Waals surface area contributed by atoms with Gasteiger partial charge in [-0.15, -0.1) is 0 Å². The monoisotopic (exact) mass is 429 g/mol. The third kappa shape index (κ3) is 4.46. The fourth-order valence-corrected chi connectivity index (χ4v) is 3.46. The Morgan fingerprint density at radius 2 is 1.72 bits per heavy atom. The summed E-state index contributed by atoms with van der Waals surface area (Å²) in [7, 11) is 1.59. The lowest BCUT2D eigenvalue weighted by molar-refractivity contribution is 0.0985. The summed E-state index contributed by atoms with van der Waals surface area (Å²) in [5, 5.41) is 0.821. The van der Waals surface area contributed by atoms with Crippen molar-refractivity contribution in [3.63, 3.8) is 0 Å². The smallest absolute Gasteiger partial charge is 0.258 e. The molecular formula is C25H23N3O4. The molecule has 4 aromatic rings. The Morgan fingerprint density at radius 3 is 2.41 bits per heavy atom. The van der Waals surface area contributed by atoms with Gasteiger partial charge < -0.3 is 19.4 Å². The zero-order valence-corrected chi connectivity index (χ0v) is 17.9. The van der Waals surface area contributed by atoms with Crippen molar-refractivity contribution in [3.8, 4) is 11.5 Å². The van der Waals surface area contributed by atoms with Crippen LogP contribution in [0.5, 0.6) is 11.5 Å². The Hall–Kier alpha value is -4.13. The number of carbonyl (C=O) groups is 1. The second-order valence-corrected chi connectivity index (χ2v) is 7.13. The minimum atomic E-state index is -0.249. The Balaban J connectivity index is 1.75. The number of nitrogens with one attached hydrogen (secondary N) is 1. The fourth-order valence-electron chi connectivity index (χ4n) is 3.46. The molecule has 0 aliphatic heterocycles. The number of hydrogen-bond donors (Lipinski definition) is 1. The zero-order chi connectivity index (χ0) is 22.5. The van der Waals surface area contributed by atoms with Crippen LogP contribution in [0.1, 0.15) is 22.8 Å². The molecule has 0 bridgehead atoms. The number of nitrogens with zero attached hydrogens (tertiary/aromatic N) is 2. The summed E-state index contributed by atoms with van der Waals surface area (Å²) in [5.41, 5.74) is 2.05. The van der Waals surface area contributed by atoms with Crippen LogP contribution in [0.25, 0.3) is 10.9 Å². The first-order chi connectivity index (χ1) is 15.6. The van der Waals surface area contributed by atoms with Gasteiger partial charge in [0.2, 0.25) is 0 Å². The molecule has 0 saturated carbocycles. The molecule has 1 N–H and O–H groups in total. The molecule has 0 atom stereocenters. The number of fused-ring (bicyclic) bond motifs is 1. The quantitative estimate of drug-likeness (QED) is 0.476. The Morgan fingerprint density at radius 1 is 1.00 bits per heavy atom. The lowest BCUT2D eigenvalue weighted by atomic mass is 10.1. The lowest BCUT2D eigenvalue weighted by Gasteiger charge is -2.23. The van der Waals surface area contributed by atoms with Gasteiger partial charge in [-0.05, 0) is 67.6 Å². The van der Waals surface area contributed by atoms with E-state index in [1.807, 2.05) is 25.1 Å². The summed E-state index contributed by atoms with van der Waals surface area (Å²) in [6.45, 7) is 2.56. The largest absolute Gasteiger partial charge is 0.497 e. The highest BCUT2D eigenvalue weighted by molar-refractivity contribution is 6.06. The molecule has 2 aromatic carbocycles. The second-order valence-electron chi connectivity index (χ2n) is 7.13. The number of H-pyrrole nitrogens is 1. The molecule has 2 aromatic heterocycles. The summed E-state index contributed by atoms with van der Waals surface area (Å²) >= 11 is 0. The highest BCUT2D eigenvalue weighted by Gasteiger charge is 2.20. The van der Waals surface area contributed by atoms with Crippen LogP contribution in [0.4, 0.5) is 5.69 Å². The summed E-state index contributed by atoms with van der Waals surface area (Å²) in [6.07, 6.45) is 3.14. The van der Waals surface area contributed by atoms with Crippen LogP contribution >= 0.6 is 0 Å². The first-order valence-electron chi connectivity index (χ1n) is 10.2. The molecule has 162 valence electrons. The fraction of sp³-hybridized carbons (Fsp3) is 0.160. The lowest BCUT2D eigenvalue weighted by Crippen LogP contribution is -2.32. The van der Waals surface area contributed by atoms with Gasteiger partial charge in [0, 0.05) is 40.1 Å². The van der Waals surface area contributed by atoms with E-state index < -0.39 is 0 Å². The first-order valence-corrected chi connectivity index (χ1v) is 10.2. The van der Waals surface area contributed by atoms with Crippen molar-refractivity contribution in [3.05, 3.63) is 94.5 Å². The molecule has 32 heavy (non-hydrogen) atoms. The summed E-state index contributed by atoms with van der Waals surface area (Å²) in [4.78, 5) is 34.6. The second kappa shape index (κ2) is 9.34. The van der Waals surface area contributed by atoms with Gasteiger partial charge in [0.1, 0.15) is 11.5 Å². The van der Waals surface area contributed by atoms with E-state index in [0.29, 0.717) is 40.4 Å². The van der Waals surface area contributed by atoms with Crippen molar-refractivity contribution < 1.29 is 14.3 Å². The molecule has 0 saturated heterocycles. The maximum Gasteiger partial charge on any atom is 0.258 e. The molecule has 0 aliphatic carbocycles. The van der Waals surface area contributed by atoms with Crippen LogP contribution in [-0.4, -0.2) is 29.6 Å². The predicted octanol–water partition coefficient (Wildman–Crippen LogP) is 4.18.